The maximum Gasteiger partial charge on any atom is 0.242 e. The van der Waals surface area contributed by atoms with E-state index in [1.807, 2.05) is 0 Å². The van der Waals surface area contributed by atoms with Crippen LogP contribution in [0.1, 0.15) is 130 Å². The van der Waals surface area contributed by atoms with Crippen molar-refractivity contribution in [2.24, 2.45) is 5.92 Å². The Kier molecular flexibility index (Phi) is 30.1. The van der Waals surface area contributed by atoms with Crippen molar-refractivity contribution < 1.29 is 78.4 Å². The van der Waals surface area contributed by atoms with Crippen LogP contribution in [0, 0.1) is 5.92 Å². The zero-order chi connectivity index (χ0) is 49.7. The molecule has 22 nitrogen and oxygen atoms in total. The van der Waals surface area contributed by atoms with Crippen LogP contribution in [0.4, 0.5) is 0 Å². The first-order valence-corrected chi connectivity index (χ1v) is 24.1. The lowest BCUT2D eigenvalue weighted by Gasteiger charge is -2.42. The summed E-state index contributed by atoms with van der Waals surface area (Å²) >= 11 is 0. The molecule has 0 radical (unpaired) electrons. The summed E-state index contributed by atoms with van der Waals surface area (Å²) in [5.74, 6) is -1.26. The molecule has 0 saturated carbocycles. The molecule has 0 bridgehead atoms. The lowest BCUT2D eigenvalue weighted by atomic mass is 9.97. The Morgan fingerprint density at radius 2 is 1.01 bits per heavy atom. The molecule has 0 aromatic heterocycles. The number of carbonyl (C=O) groups excluding carboxylic acids is 6. The zero-order valence-electron chi connectivity index (χ0n) is 40.0. The number of nitrogens with one attached hydrogen (secondary N) is 6. The summed E-state index contributed by atoms with van der Waals surface area (Å²) in [5, 5.41) is 76.9. The van der Waals surface area contributed by atoms with Gasteiger partial charge in [-0.05, 0) is 63.7 Å². The van der Waals surface area contributed by atoms with Gasteiger partial charge >= 0.3 is 0 Å². The number of carbonyl (C=O) groups is 6. The lowest BCUT2D eigenvalue weighted by molar-refractivity contribution is -0.270. The van der Waals surface area contributed by atoms with Gasteiger partial charge in [-0.1, -0.05) is 39.5 Å². The fourth-order valence-electron chi connectivity index (χ4n) is 7.52. The Hall–Kier alpha value is -3.58. The van der Waals surface area contributed by atoms with E-state index in [2.05, 4.69) is 45.7 Å². The second kappa shape index (κ2) is 33.8. The molecule has 0 spiro atoms. The summed E-state index contributed by atoms with van der Waals surface area (Å²) < 4.78 is 22.6. The fourth-order valence-corrected chi connectivity index (χ4v) is 7.52. The van der Waals surface area contributed by atoms with Gasteiger partial charge in [0.05, 0.1) is 13.2 Å². The molecule has 2 aliphatic rings. The summed E-state index contributed by atoms with van der Waals surface area (Å²) in [5.41, 5.74) is 0. The summed E-state index contributed by atoms with van der Waals surface area (Å²) in [4.78, 5) is 74.3. The average Bonchev–Trinajstić information content (AvgIpc) is 3.29. The summed E-state index contributed by atoms with van der Waals surface area (Å²) in [6, 6.07) is -2.88. The highest BCUT2D eigenvalue weighted by Gasteiger charge is 2.46. The second-order valence-electron chi connectivity index (χ2n) is 17.6. The van der Waals surface area contributed by atoms with Crippen LogP contribution < -0.4 is 31.9 Å². The summed E-state index contributed by atoms with van der Waals surface area (Å²) in [6.45, 7) is 7.29. The zero-order valence-corrected chi connectivity index (χ0v) is 40.0. The smallest absolute Gasteiger partial charge is 0.242 e. The molecule has 2 heterocycles. The van der Waals surface area contributed by atoms with Gasteiger partial charge in [-0.2, -0.15) is 0 Å². The minimum absolute atomic E-state index is 0.0112. The quantitative estimate of drug-likeness (QED) is 0.0332. The van der Waals surface area contributed by atoms with E-state index in [1.54, 1.807) is 0 Å². The monoisotopic (exact) mass is 963 g/mol. The van der Waals surface area contributed by atoms with E-state index in [0.717, 1.165) is 12.8 Å². The number of amides is 6. The van der Waals surface area contributed by atoms with Gasteiger partial charge in [-0.15, -0.1) is 0 Å². The molecular formula is C45H82N6O16. The Balaban J connectivity index is 1.77. The minimum atomic E-state index is -1.42. The van der Waals surface area contributed by atoms with Crippen molar-refractivity contribution in [1.82, 2.24) is 31.9 Å². The number of unbranched alkanes of at least 4 members (excludes halogenated alkanes) is 7. The molecule has 22 heteroatoms. The van der Waals surface area contributed by atoms with Crippen molar-refractivity contribution >= 4 is 35.4 Å². The first-order chi connectivity index (χ1) is 32.0. The van der Waals surface area contributed by atoms with Gasteiger partial charge in [0, 0.05) is 66.0 Å². The highest BCUT2D eigenvalue weighted by atomic mass is 16.7. The van der Waals surface area contributed by atoms with Crippen LogP contribution >= 0.6 is 0 Å². The van der Waals surface area contributed by atoms with E-state index in [-0.39, 0.29) is 49.7 Å². The number of rotatable bonds is 34. The highest BCUT2D eigenvalue weighted by Crippen LogP contribution is 2.24. The predicted octanol–water partition coefficient (Wildman–Crippen LogP) is -1.36. The van der Waals surface area contributed by atoms with Crippen LogP contribution in [-0.2, 0) is 47.7 Å². The Morgan fingerprint density at radius 3 is 1.49 bits per heavy atom. The Morgan fingerprint density at radius 1 is 0.567 bits per heavy atom. The molecule has 0 aliphatic carbocycles. The molecule has 11 unspecified atom stereocenters. The maximum absolute atomic E-state index is 13.3. The molecule has 2 aliphatic heterocycles. The van der Waals surface area contributed by atoms with Crippen LogP contribution in [0.2, 0.25) is 0 Å². The van der Waals surface area contributed by atoms with Gasteiger partial charge in [0.2, 0.25) is 35.4 Å². The third-order valence-electron chi connectivity index (χ3n) is 11.8. The van der Waals surface area contributed by atoms with Crippen molar-refractivity contribution in [1.29, 1.82) is 0 Å². The SMILES string of the molecule is CCC(C)CNC(=O)CCCCCNC(=O)[C@H](CCCCNC(=O)CCCCCOC1OC(CO)C(O)C(O)C1NC(C)=O)NC(=O)CCCCCOC1OC(CO)C(O)C(O)C1NC(C)=O. The van der Waals surface area contributed by atoms with Crippen LogP contribution in [0.15, 0.2) is 0 Å². The molecule has 67 heavy (non-hydrogen) atoms. The van der Waals surface area contributed by atoms with Gasteiger partial charge in [0.15, 0.2) is 12.6 Å². The number of ether oxygens (including phenoxy) is 4. The molecular weight excluding hydrogens is 881 g/mol. The predicted molar refractivity (Wildman–Crippen MR) is 242 cm³/mol. The molecule has 2 rings (SSSR count). The van der Waals surface area contributed by atoms with Gasteiger partial charge in [-0.3, -0.25) is 28.8 Å². The number of aliphatic hydroxyl groups is 6. The molecule has 12 atom stereocenters. The first kappa shape index (κ1) is 59.5. The number of aliphatic hydroxyl groups excluding tert-OH is 6. The van der Waals surface area contributed by atoms with E-state index in [1.165, 1.54) is 13.8 Å². The van der Waals surface area contributed by atoms with E-state index < -0.39 is 92.4 Å². The van der Waals surface area contributed by atoms with E-state index in [9.17, 15) is 59.4 Å². The third-order valence-corrected chi connectivity index (χ3v) is 11.8. The van der Waals surface area contributed by atoms with Crippen molar-refractivity contribution in [2.45, 2.75) is 198 Å². The molecule has 6 amide bonds. The lowest BCUT2D eigenvalue weighted by Crippen LogP contribution is -2.64. The second-order valence-corrected chi connectivity index (χ2v) is 17.6. The Bertz CT molecular complexity index is 1470. The first-order valence-electron chi connectivity index (χ1n) is 24.1. The molecule has 0 aromatic carbocycles. The largest absolute Gasteiger partial charge is 0.394 e. The van der Waals surface area contributed by atoms with Crippen LogP contribution in [0.3, 0.4) is 0 Å². The fraction of sp³-hybridized carbons (Fsp3) is 0.867. The molecule has 2 saturated heterocycles. The van der Waals surface area contributed by atoms with Gasteiger partial charge in [-0.25, -0.2) is 0 Å². The van der Waals surface area contributed by atoms with Crippen molar-refractivity contribution in [3.05, 3.63) is 0 Å². The average molecular weight is 963 g/mol. The molecule has 12 N–H and O–H groups in total. The minimum Gasteiger partial charge on any atom is -0.394 e. The van der Waals surface area contributed by atoms with Gasteiger partial charge in [0.25, 0.3) is 0 Å². The topological polar surface area (TPSA) is 333 Å². The molecule has 2 fully saturated rings. The third kappa shape index (κ3) is 23.5. The standard InChI is InChI=1S/C45H82N6O16/c1-5-28(2)25-48-35(57)19-9-6-13-22-47-43(63)31(51-36(58)20-11-8-16-24-65-45-38(50-30(4)55)42(62)40(60)33(27-53)67-45)17-12-14-21-46-34(56)18-10-7-15-23-64-44-37(49-29(3)54)41(61)39(59)32(26-52)66-44/h28,31-33,37-42,44-45,52-53,59-62H,5-27H2,1-4H3,(H,46,56)(H,47,63)(H,48,57)(H,49,54)(H,50,55)(H,51,58)/t28?,31-,32?,33?,37?,38?,39?,40?,41?,42?,44?,45?/m0/s1. The van der Waals surface area contributed by atoms with Crippen LogP contribution in [0.5, 0.6) is 0 Å². The number of hydrogen-bond donors (Lipinski definition) is 12. The van der Waals surface area contributed by atoms with E-state index >= 15 is 0 Å². The van der Waals surface area contributed by atoms with E-state index in [0.29, 0.717) is 103 Å². The van der Waals surface area contributed by atoms with Gasteiger partial charge < -0.3 is 81.5 Å². The molecule has 0 aromatic rings. The maximum atomic E-state index is 13.3. The normalized spacial score (nSPS) is 25.9. The highest BCUT2D eigenvalue weighted by molar-refractivity contribution is 5.87. The van der Waals surface area contributed by atoms with Crippen molar-refractivity contribution in [3.63, 3.8) is 0 Å². The molecule has 388 valence electrons. The van der Waals surface area contributed by atoms with Gasteiger partial charge in [0.1, 0.15) is 54.7 Å². The van der Waals surface area contributed by atoms with Crippen molar-refractivity contribution in [2.75, 3.05) is 46.1 Å². The van der Waals surface area contributed by atoms with E-state index in [4.69, 9.17) is 18.9 Å². The number of hydrogen-bond acceptors (Lipinski definition) is 16. The van der Waals surface area contributed by atoms with Crippen molar-refractivity contribution in [3.8, 4) is 0 Å². The van der Waals surface area contributed by atoms with Crippen LogP contribution in [0.25, 0.3) is 0 Å². The Labute approximate surface area is 394 Å². The summed E-state index contributed by atoms with van der Waals surface area (Å²) in [7, 11) is 0. The van der Waals surface area contributed by atoms with Crippen LogP contribution in [-0.4, -0.2) is 179 Å². The summed E-state index contributed by atoms with van der Waals surface area (Å²) in [6.07, 6.45) is -1.39.